The summed E-state index contributed by atoms with van der Waals surface area (Å²) < 4.78 is 11.5. The van der Waals surface area contributed by atoms with E-state index in [0.717, 1.165) is 54.7 Å². The van der Waals surface area contributed by atoms with Crippen molar-refractivity contribution in [2.45, 2.75) is 90.1 Å². The highest BCUT2D eigenvalue weighted by atomic mass is 16.5. The Morgan fingerprint density at radius 2 is 1.83 bits per heavy atom. The van der Waals surface area contributed by atoms with E-state index in [4.69, 9.17) is 9.47 Å². The van der Waals surface area contributed by atoms with Crippen LogP contribution >= 0.6 is 0 Å². The van der Waals surface area contributed by atoms with Gasteiger partial charge in [0, 0.05) is 44.9 Å². The molecule has 0 bridgehead atoms. The number of nitrogens with zero attached hydrogens (tertiary/aromatic N) is 2. The number of ether oxygens (including phenoxy) is 2. The maximum absolute atomic E-state index is 12.7. The molecule has 1 aliphatic carbocycles. The Labute approximate surface area is 249 Å². The molecule has 3 aliphatic rings. The van der Waals surface area contributed by atoms with Crippen LogP contribution in [0.25, 0.3) is 0 Å². The molecule has 0 spiro atoms. The minimum atomic E-state index is -0.750. The molecule has 1 unspecified atom stereocenters. The maximum atomic E-state index is 12.7. The van der Waals surface area contributed by atoms with Gasteiger partial charge in [-0.2, -0.15) is 0 Å². The summed E-state index contributed by atoms with van der Waals surface area (Å²) in [6, 6.07) is 12.8. The molecule has 1 saturated heterocycles. The number of carbonyl (C=O) groups is 3. The second-order valence-corrected chi connectivity index (χ2v) is 12.1. The number of aliphatic carboxylic acids is 1. The van der Waals surface area contributed by atoms with Gasteiger partial charge in [0.1, 0.15) is 11.5 Å². The number of hydrogen-bond acceptors (Lipinski definition) is 6. The standard InChI is InChI=1S/C34H44N2O6/c1-3-28(26-11-12-29-27(21-26)15-19-42-29)35(23-34(33(39)40)16-5-4-6-17-34)22-24-9-10-25(30(20-24)41-2)8-7-18-36-31(37)13-14-32(36)38/h9-12,20-21,28H,3-8,13-19,22-23H2,1-2H3,(H,39,40). The van der Waals surface area contributed by atoms with Gasteiger partial charge in [0.15, 0.2) is 0 Å². The van der Waals surface area contributed by atoms with E-state index in [1.165, 1.54) is 16.0 Å². The first-order valence-electron chi connectivity index (χ1n) is 15.6. The summed E-state index contributed by atoms with van der Waals surface area (Å²) in [5, 5.41) is 10.5. The molecule has 2 fully saturated rings. The lowest BCUT2D eigenvalue weighted by molar-refractivity contribution is -0.153. The van der Waals surface area contributed by atoms with Crippen LogP contribution in [-0.4, -0.2) is 59.5 Å². The second kappa shape index (κ2) is 13.3. The fraction of sp³-hybridized carbons (Fsp3) is 0.559. The number of fused-ring (bicyclic) bond motifs is 1. The molecule has 2 aromatic carbocycles. The molecule has 42 heavy (non-hydrogen) atoms. The molecule has 1 saturated carbocycles. The Balaban J connectivity index is 1.38. The first kappa shape index (κ1) is 30.1. The van der Waals surface area contributed by atoms with E-state index in [9.17, 15) is 19.5 Å². The van der Waals surface area contributed by atoms with Crippen LogP contribution in [0.5, 0.6) is 11.5 Å². The van der Waals surface area contributed by atoms with E-state index in [-0.39, 0.29) is 17.9 Å². The van der Waals surface area contributed by atoms with Gasteiger partial charge in [-0.1, -0.05) is 50.5 Å². The summed E-state index contributed by atoms with van der Waals surface area (Å²) in [6.07, 6.45) is 8.17. The van der Waals surface area contributed by atoms with Gasteiger partial charge in [0.05, 0.1) is 19.1 Å². The Morgan fingerprint density at radius 1 is 1.07 bits per heavy atom. The van der Waals surface area contributed by atoms with Crippen LogP contribution in [-0.2, 0) is 33.8 Å². The molecule has 0 radical (unpaired) electrons. The van der Waals surface area contributed by atoms with E-state index < -0.39 is 11.4 Å². The van der Waals surface area contributed by atoms with Gasteiger partial charge in [0.2, 0.25) is 11.8 Å². The van der Waals surface area contributed by atoms with E-state index >= 15 is 0 Å². The highest BCUT2D eigenvalue weighted by Gasteiger charge is 2.42. The zero-order valence-corrected chi connectivity index (χ0v) is 25.0. The van der Waals surface area contributed by atoms with Gasteiger partial charge >= 0.3 is 5.97 Å². The number of carboxylic acid groups (broad SMARTS) is 1. The number of imide groups is 1. The van der Waals surface area contributed by atoms with Crippen molar-refractivity contribution in [2.24, 2.45) is 5.41 Å². The summed E-state index contributed by atoms with van der Waals surface area (Å²) in [4.78, 5) is 40.4. The van der Waals surface area contributed by atoms with Gasteiger partial charge in [-0.15, -0.1) is 0 Å². The number of methoxy groups -OCH3 is 1. The van der Waals surface area contributed by atoms with Crippen molar-refractivity contribution in [3.05, 3.63) is 58.7 Å². The van der Waals surface area contributed by atoms with Crippen LogP contribution in [0.1, 0.15) is 93.0 Å². The van der Waals surface area contributed by atoms with Gasteiger partial charge in [-0.3, -0.25) is 24.2 Å². The quantitative estimate of drug-likeness (QED) is 0.306. The topological polar surface area (TPSA) is 96.4 Å². The minimum absolute atomic E-state index is 0.0651. The number of rotatable bonds is 13. The van der Waals surface area contributed by atoms with E-state index in [2.05, 4.69) is 48.2 Å². The number of carbonyl (C=O) groups excluding carboxylic acids is 2. The third kappa shape index (κ3) is 6.48. The summed E-state index contributed by atoms with van der Waals surface area (Å²) in [7, 11) is 1.66. The molecule has 2 amide bonds. The number of benzene rings is 2. The van der Waals surface area contributed by atoms with Crippen LogP contribution in [0.2, 0.25) is 0 Å². The fourth-order valence-corrected chi connectivity index (χ4v) is 7.08. The third-order valence-electron chi connectivity index (χ3n) is 9.42. The Morgan fingerprint density at radius 3 is 2.52 bits per heavy atom. The molecular weight excluding hydrogens is 532 g/mol. The van der Waals surface area contributed by atoms with Gasteiger partial charge in [-0.05, 0) is 66.5 Å². The summed E-state index contributed by atoms with van der Waals surface area (Å²) >= 11 is 0. The normalized spacial score (nSPS) is 18.7. The van der Waals surface area contributed by atoms with Crippen molar-refractivity contribution in [2.75, 3.05) is 26.8 Å². The van der Waals surface area contributed by atoms with Crippen molar-refractivity contribution in [3.8, 4) is 11.5 Å². The fourth-order valence-electron chi connectivity index (χ4n) is 7.08. The van der Waals surface area contributed by atoms with E-state index in [1.54, 1.807) is 7.11 Å². The molecular formula is C34H44N2O6. The van der Waals surface area contributed by atoms with Crippen molar-refractivity contribution in [1.82, 2.24) is 9.80 Å². The molecule has 0 aromatic heterocycles. The SMILES string of the molecule is CCC(c1ccc2c(c1)CCO2)N(Cc1ccc(CCCN2C(=O)CCC2=O)c(OC)c1)CC1(C(=O)O)CCCCC1. The lowest BCUT2D eigenvalue weighted by atomic mass is 9.73. The predicted molar refractivity (Wildman–Crippen MR) is 160 cm³/mol. The number of carboxylic acids is 1. The van der Waals surface area contributed by atoms with E-state index in [1.807, 2.05) is 0 Å². The zero-order chi connectivity index (χ0) is 29.7. The van der Waals surface area contributed by atoms with Crippen molar-refractivity contribution in [1.29, 1.82) is 0 Å². The summed E-state index contributed by atoms with van der Waals surface area (Å²) in [5.41, 5.74) is 3.78. The van der Waals surface area contributed by atoms with Crippen LogP contribution in [0, 0.1) is 5.41 Å². The molecule has 2 aliphatic heterocycles. The first-order chi connectivity index (χ1) is 20.3. The van der Waals surface area contributed by atoms with Crippen molar-refractivity contribution in [3.63, 3.8) is 0 Å². The van der Waals surface area contributed by atoms with Crippen LogP contribution in [0.3, 0.4) is 0 Å². The Hall–Kier alpha value is -3.39. The lowest BCUT2D eigenvalue weighted by Crippen LogP contribution is -2.45. The molecule has 8 heteroatoms. The first-order valence-corrected chi connectivity index (χ1v) is 15.6. The van der Waals surface area contributed by atoms with Crippen LogP contribution in [0.15, 0.2) is 36.4 Å². The van der Waals surface area contributed by atoms with Gasteiger partial charge < -0.3 is 14.6 Å². The van der Waals surface area contributed by atoms with Crippen LogP contribution < -0.4 is 9.47 Å². The molecule has 2 heterocycles. The largest absolute Gasteiger partial charge is 0.496 e. The lowest BCUT2D eigenvalue weighted by Gasteiger charge is -2.41. The Kier molecular flexibility index (Phi) is 9.51. The molecule has 5 rings (SSSR count). The molecule has 8 nitrogen and oxygen atoms in total. The second-order valence-electron chi connectivity index (χ2n) is 12.1. The number of hydrogen-bond donors (Lipinski definition) is 1. The van der Waals surface area contributed by atoms with Crippen LogP contribution in [0.4, 0.5) is 0 Å². The highest BCUT2D eigenvalue weighted by molar-refractivity contribution is 6.01. The van der Waals surface area contributed by atoms with Gasteiger partial charge in [0.25, 0.3) is 0 Å². The molecule has 1 atom stereocenters. The van der Waals surface area contributed by atoms with Gasteiger partial charge in [-0.25, -0.2) is 0 Å². The van der Waals surface area contributed by atoms with E-state index in [0.29, 0.717) is 64.8 Å². The minimum Gasteiger partial charge on any atom is -0.496 e. The third-order valence-corrected chi connectivity index (χ3v) is 9.42. The predicted octanol–water partition coefficient (Wildman–Crippen LogP) is 5.70. The highest BCUT2D eigenvalue weighted by Crippen LogP contribution is 2.41. The molecule has 226 valence electrons. The van der Waals surface area contributed by atoms with Crippen molar-refractivity contribution >= 4 is 17.8 Å². The molecule has 1 N–H and O–H groups in total. The maximum Gasteiger partial charge on any atom is 0.310 e. The average Bonchev–Trinajstić information content (AvgIpc) is 3.60. The zero-order valence-electron chi connectivity index (χ0n) is 25.0. The van der Waals surface area contributed by atoms with Crippen molar-refractivity contribution < 1.29 is 29.0 Å². The molecule has 2 aromatic rings. The Bertz CT molecular complexity index is 1280. The number of amides is 2. The monoisotopic (exact) mass is 576 g/mol. The summed E-state index contributed by atoms with van der Waals surface area (Å²) in [5.74, 6) is 0.877. The smallest absolute Gasteiger partial charge is 0.310 e. The summed E-state index contributed by atoms with van der Waals surface area (Å²) in [6.45, 7) is 4.41. The average molecular weight is 577 g/mol. The number of likely N-dealkylation sites (tertiary alicyclic amines) is 1. The number of aryl methyl sites for hydroxylation is 1.